The SMILES string of the molecule is Cc1cc2occ(CC(=O)NCc3ccccc3)c2cc1Cl. The van der Waals surface area contributed by atoms with Crippen LogP contribution in [0.25, 0.3) is 11.0 Å². The van der Waals surface area contributed by atoms with Gasteiger partial charge in [-0.2, -0.15) is 0 Å². The Morgan fingerprint density at radius 2 is 2.00 bits per heavy atom. The van der Waals surface area contributed by atoms with Crippen LogP contribution in [0.3, 0.4) is 0 Å². The molecule has 0 atom stereocenters. The molecule has 3 nitrogen and oxygen atoms in total. The van der Waals surface area contributed by atoms with Crippen LogP contribution in [0.5, 0.6) is 0 Å². The van der Waals surface area contributed by atoms with Gasteiger partial charge >= 0.3 is 0 Å². The average molecular weight is 314 g/mol. The molecule has 0 aliphatic carbocycles. The first-order chi connectivity index (χ1) is 10.6. The molecule has 3 aromatic rings. The summed E-state index contributed by atoms with van der Waals surface area (Å²) >= 11 is 6.15. The van der Waals surface area contributed by atoms with E-state index in [1.807, 2.05) is 49.4 Å². The van der Waals surface area contributed by atoms with E-state index in [9.17, 15) is 4.79 Å². The largest absolute Gasteiger partial charge is 0.464 e. The van der Waals surface area contributed by atoms with Crippen molar-refractivity contribution in [2.24, 2.45) is 0 Å². The fourth-order valence-electron chi connectivity index (χ4n) is 2.37. The summed E-state index contributed by atoms with van der Waals surface area (Å²) in [5, 5.41) is 4.49. The summed E-state index contributed by atoms with van der Waals surface area (Å²) in [6, 6.07) is 13.6. The lowest BCUT2D eigenvalue weighted by molar-refractivity contribution is -0.120. The van der Waals surface area contributed by atoms with Gasteiger partial charge in [-0.15, -0.1) is 0 Å². The zero-order valence-electron chi connectivity index (χ0n) is 12.2. The molecule has 0 saturated carbocycles. The second-order valence-corrected chi connectivity index (χ2v) is 5.70. The van der Waals surface area contributed by atoms with Gasteiger partial charge < -0.3 is 9.73 Å². The van der Waals surface area contributed by atoms with Gasteiger partial charge in [0.2, 0.25) is 5.91 Å². The molecule has 1 amide bonds. The number of carbonyl (C=O) groups excluding carboxylic acids is 1. The number of hydrogen-bond donors (Lipinski definition) is 1. The number of benzene rings is 2. The van der Waals surface area contributed by atoms with Crippen LogP contribution in [-0.4, -0.2) is 5.91 Å². The Morgan fingerprint density at radius 1 is 1.23 bits per heavy atom. The van der Waals surface area contributed by atoms with Gasteiger partial charge in [0, 0.05) is 22.5 Å². The zero-order chi connectivity index (χ0) is 15.5. The quantitative estimate of drug-likeness (QED) is 0.782. The van der Waals surface area contributed by atoms with E-state index in [0.717, 1.165) is 27.7 Å². The molecule has 0 radical (unpaired) electrons. The summed E-state index contributed by atoms with van der Waals surface area (Å²) in [4.78, 5) is 12.1. The van der Waals surface area contributed by atoms with Crippen molar-refractivity contribution >= 4 is 28.5 Å². The maximum Gasteiger partial charge on any atom is 0.224 e. The molecule has 0 saturated heterocycles. The van der Waals surface area contributed by atoms with E-state index in [0.29, 0.717) is 11.6 Å². The predicted octanol–water partition coefficient (Wildman–Crippen LogP) is 4.25. The van der Waals surface area contributed by atoms with Crippen LogP contribution in [-0.2, 0) is 17.8 Å². The number of aryl methyl sites for hydroxylation is 1. The molecule has 0 fully saturated rings. The molecule has 22 heavy (non-hydrogen) atoms. The standard InChI is InChI=1S/C18H16ClNO2/c1-12-7-17-15(9-16(12)19)14(11-22-17)8-18(21)20-10-13-5-3-2-4-6-13/h2-7,9,11H,8,10H2,1H3,(H,20,21). The summed E-state index contributed by atoms with van der Waals surface area (Å²) in [5.41, 5.74) is 3.64. The third-order valence-corrected chi connectivity index (χ3v) is 4.03. The van der Waals surface area contributed by atoms with Crippen molar-refractivity contribution in [1.29, 1.82) is 0 Å². The van der Waals surface area contributed by atoms with E-state index in [4.69, 9.17) is 16.0 Å². The van der Waals surface area contributed by atoms with E-state index in [-0.39, 0.29) is 12.3 Å². The van der Waals surface area contributed by atoms with E-state index in [1.54, 1.807) is 6.26 Å². The zero-order valence-corrected chi connectivity index (χ0v) is 13.0. The Morgan fingerprint density at radius 3 is 2.77 bits per heavy atom. The molecule has 112 valence electrons. The summed E-state index contributed by atoms with van der Waals surface area (Å²) in [7, 11) is 0. The average Bonchev–Trinajstić information content (AvgIpc) is 2.89. The van der Waals surface area contributed by atoms with Gasteiger partial charge in [-0.05, 0) is 30.2 Å². The first kappa shape index (κ1) is 14.7. The molecule has 0 unspecified atom stereocenters. The summed E-state index contributed by atoms with van der Waals surface area (Å²) in [5.74, 6) is -0.0387. The van der Waals surface area contributed by atoms with E-state index >= 15 is 0 Å². The third kappa shape index (κ3) is 3.15. The summed E-state index contributed by atoms with van der Waals surface area (Å²) in [6.45, 7) is 2.45. The summed E-state index contributed by atoms with van der Waals surface area (Å²) in [6.07, 6.45) is 1.90. The number of hydrogen-bond acceptors (Lipinski definition) is 2. The minimum Gasteiger partial charge on any atom is -0.464 e. The van der Waals surface area contributed by atoms with E-state index < -0.39 is 0 Å². The van der Waals surface area contributed by atoms with Crippen molar-refractivity contribution in [2.45, 2.75) is 19.9 Å². The van der Waals surface area contributed by atoms with Crippen molar-refractivity contribution in [3.05, 3.63) is 70.4 Å². The molecule has 4 heteroatoms. The fourth-order valence-corrected chi connectivity index (χ4v) is 2.53. The van der Waals surface area contributed by atoms with Crippen LogP contribution >= 0.6 is 11.6 Å². The van der Waals surface area contributed by atoms with Crippen LogP contribution < -0.4 is 5.32 Å². The highest BCUT2D eigenvalue weighted by molar-refractivity contribution is 6.32. The number of rotatable bonds is 4. The van der Waals surface area contributed by atoms with Gasteiger partial charge in [0.15, 0.2) is 0 Å². The molecular weight excluding hydrogens is 298 g/mol. The smallest absolute Gasteiger partial charge is 0.224 e. The lowest BCUT2D eigenvalue weighted by atomic mass is 10.1. The molecular formula is C18H16ClNO2. The molecule has 0 aliphatic heterocycles. The molecule has 2 aromatic carbocycles. The molecule has 0 aliphatic rings. The normalized spacial score (nSPS) is 10.8. The highest BCUT2D eigenvalue weighted by Crippen LogP contribution is 2.27. The van der Waals surface area contributed by atoms with Crippen molar-refractivity contribution in [3.63, 3.8) is 0 Å². The number of carbonyl (C=O) groups is 1. The Hall–Kier alpha value is -2.26. The molecule has 3 rings (SSSR count). The van der Waals surface area contributed by atoms with Crippen LogP contribution in [0.15, 0.2) is 53.1 Å². The first-order valence-electron chi connectivity index (χ1n) is 7.10. The van der Waals surface area contributed by atoms with Crippen LogP contribution in [0, 0.1) is 6.92 Å². The van der Waals surface area contributed by atoms with Gasteiger partial charge in [0.05, 0.1) is 12.7 Å². The highest BCUT2D eigenvalue weighted by atomic mass is 35.5. The minimum absolute atomic E-state index is 0.0387. The molecule has 0 spiro atoms. The Labute approximate surface area is 133 Å². The van der Waals surface area contributed by atoms with Crippen LogP contribution in [0.4, 0.5) is 0 Å². The Balaban J connectivity index is 1.70. The second-order valence-electron chi connectivity index (χ2n) is 5.30. The van der Waals surface area contributed by atoms with Crippen LogP contribution in [0.2, 0.25) is 5.02 Å². The monoisotopic (exact) mass is 313 g/mol. The topological polar surface area (TPSA) is 42.2 Å². The van der Waals surface area contributed by atoms with Crippen molar-refractivity contribution in [2.75, 3.05) is 0 Å². The van der Waals surface area contributed by atoms with Crippen molar-refractivity contribution in [1.82, 2.24) is 5.32 Å². The van der Waals surface area contributed by atoms with Crippen molar-refractivity contribution < 1.29 is 9.21 Å². The Kier molecular flexibility index (Phi) is 4.16. The summed E-state index contributed by atoms with van der Waals surface area (Å²) < 4.78 is 5.51. The fraction of sp³-hybridized carbons (Fsp3) is 0.167. The third-order valence-electron chi connectivity index (χ3n) is 3.62. The van der Waals surface area contributed by atoms with Gasteiger partial charge in [-0.1, -0.05) is 41.9 Å². The highest BCUT2D eigenvalue weighted by Gasteiger charge is 2.12. The first-order valence-corrected chi connectivity index (χ1v) is 7.48. The minimum atomic E-state index is -0.0387. The molecule has 0 bridgehead atoms. The van der Waals surface area contributed by atoms with E-state index in [2.05, 4.69) is 5.32 Å². The predicted molar refractivity (Wildman–Crippen MR) is 88.0 cm³/mol. The number of nitrogens with one attached hydrogen (secondary N) is 1. The number of amides is 1. The number of furan rings is 1. The maximum absolute atomic E-state index is 12.1. The van der Waals surface area contributed by atoms with E-state index in [1.165, 1.54) is 0 Å². The maximum atomic E-state index is 12.1. The number of fused-ring (bicyclic) bond motifs is 1. The van der Waals surface area contributed by atoms with Crippen LogP contribution in [0.1, 0.15) is 16.7 Å². The molecule has 1 heterocycles. The molecule has 1 N–H and O–H groups in total. The van der Waals surface area contributed by atoms with Gasteiger partial charge in [0.25, 0.3) is 0 Å². The second kappa shape index (κ2) is 6.24. The molecule has 1 aromatic heterocycles. The lowest BCUT2D eigenvalue weighted by Crippen LogP contribution is -2.24. The lowest BCUT2D eigenvalue weighted by Gasteiger charge is -2.05. The van der Waals surface area contributed by atoms with Gasteiger partial charge in [0.1, 0.15) is 5.58 Å². The Bertz CT molecular complexity index is 809. The number of halogens is 1. The van der Waals surface area contributed by atoms with Gasteiger partial charge in [-0.25, -0.2) is 0 Å². The van der Waals surface area contributed by atoms with Crippen molar-refractivity contribution in [3.8, 4) is 0 Å². The van der Waals surface area contributed by atoms with Gasteiger partial charge in [-0.3, -0.25) is 4.79 Å².